The summed E-state index contributed by atoms with van der Waals surface area (Å²) in [7, 11) is 1.68. The fraction of sp³-hybridized carbons (Fsp3) is 0.500. The number of hydrogen-bond donors (Lipinski definition) is 2. The van der Waals surface area contributed by atoms with Gasteiger partial charge in [0.15, 0.2) is 5.96 Å². The molecule has 0 aliphatic heterocycles. The SMILES string of the molecule is CCNC(=NCc1oc2ccc(F)cc2c1C)NCC(C)(C)OC.I. The molecule has 1 aromatic heterocycles. The second kappa shape index (κ2) is 9.38. The summed E-state index contributed by atoms with van der Waals surface area (Å²) in [5.74, 6) is 1.16. The number of ether oxygens (including phenoxy) is 1. The highest BCUT2D eigenvalue weighted by atomic mass is 127. The molecule has 0 aliphatic carbocycles. The Bertz CT molecular complexity index is 728. The van der Waals surface area contributed by atoms with Crippen LogP contribution >= 0.6 is 24.0 Å². The zero-order valence-corrected chi connectivity index (χ0v) is 17.7. The van der Waals surface area contributed by atoms with Crippen molar-refractivity contribution in [1.82, 2.24) is 10.6 Å². The van der Waals surface area contributed by atoms with Crippen molar-refractivity contribution in [2.24, 2.45) is 4.99 Å². The minimum absolute atomic E-state index is 0. The molecule has 0 atom stereocenters. The lowest BCUT2D eigenvalue weighted by atomic mass is 10.1. The predicted octanol–water partition coefficient (Wildman–Crippen LogP) is 3.98. The number of aliphatic imine (C=N–C) groups is 1. The van der Waals surface area contributed by atoms with Gasteiger partial charge in [-0.2, -0.15) is 0 Å². The molecule has 140 valence electrons. The molecule has 5 nitrogen and oxygen atoms in total. The van der Waals surface area contributed by atoms with Crippen molar-refractivity contribution in [2.45, 2.75) is 39.8 Å². The Morgan fingerprint density at radius 3 is 2.68 bits per heavy atom. The van der Waals surface area contributed by atoms with Crippen LogP contribution in [0.4, 0.5) is 4.39 Å². The number of aryl methyl sites for hydroxylation is 1. The number of nitrogens with zero attached hydrogens (tertiary/aromatic N) is 1. The molecule has 0 saturated heterocycles. The lowest BCUT2D eigenvalue weighted by Crippen LogP contribution is -2.45. The average molecular weight is 463 g/mol. The first-order chi connectivity index (χ1) is 11.4. The van der Waals surface area contributed by atoms with Gasteiger partial charge in [-0.05, 0) is 45.9 Å². The molecular weight excluding hydrogens is 436 g/mol. The van der Waals surface area contributed by atoms with Crippen LogP contribution in [0.15, 0.2) is 27.6 Å². The minimum atomic E-state index is -0.289. The molecule has 0 unspecified atom stereocenters. The summed E-state index contributed by atoms with van der Waals surface area (Å²) in [4.78, 5) is 4.55. The van der Waals surface area contributed by atoms with E-state index in [1.165, 1.54) is 12.1 Å². The molecule has 1 aromatic carbocycles. The highest BCUT2D eigenvalue weighted by molar-refractivity contribution is 14.0. The molecule has 0 amide bonds. The topological polar surface area (TPSA) is 58.8 Å². The van der Waals surface area contributed by atoms with Gasteiger partial charge in [-0.15, -0.1) is 24.0 Å². The first-order valence-corrected chi connectivity index (χ1v) is 8.11. The van der Waals surface area contributed by atoms with Crippen LogP contribution in [0.3, 0.4) is 0 Å². The van der Waals surface area contributed by atoms with E-state index in [9.17, 15) is 4.39 Å². The second-order valence-electron chi connectivity index (χ2n) is 6.30. The monoisotopic (exact) mass is 463 g/mol. The van der Waals surface area contributed by atoms with Gasteiger partial charge in [-0.3, -0.25) is 0 Å². The number of halogens is 2. The number of fused-ring (bicyclic) bond motifs is 1. The molecule has 0 saturated carbocycles. The highest BCUT2D eigenvalue weighted by Crippen LogP contribution is 2.26. The van der Waals surface area contributed by atoms with Gasteiger partial charge in [0.05, 0.1) is 5.60 Å². The number of benzene rings is 1. The summed E-state index contributed by atoms with van der Waals surface area (Å²) in [6, 6.07) is 4.54. The number of hydrogen-bond acceptors (Lipinski definition) is 3. The summed E-state index contributed by atoms with van der Waals surface area (Å²) < 4.78 is 24.6. The molecule has 0 fully saturated rings. The summed E-state index contributed by atoms with van der Waals surface area (Å²) in [6.45, 7) is 9.69. The van der Waals surface area contributed by atoms with Gasteiger partial charge >= 0.3 is 0 Å². The molecule has 1 heterocycles. The minimum Gasteiger partial charge on any atom is -0.459 e. The Morgan fingerprint density at radius 1 is 1.32 bits per heavy atom. The van der Waals surface area contributed by atoms with Crippen LogP contribution in [-0.4, -0.2) is 31.8 Å². The largest absolute Gasteiger partial charge is 0.459 e. The van der Waals surface area contributed by atoms with Crippen LogP contribution in [0.1, 0.15) is 32.1 Å². The highest BCUT2D eigenvalue weighted by Gasteiger charge is 2.17. The van der Waals surface area contributed by atoms with E-state index in [2.05, 4.69) is 15.6 Å². The van der Waals surface area contributed by atoms with E-state index in [1.807, 2.05) is 27.7 Å². The number of methoxy groups -OCH3 is 1. The van der Waals surface area contributed by atoms with E-state index in [1.54, 1.807) is 13.2 Å². The number of nitrogens with one attached hydrogen (secondary N) is 2. The molecule has 0 bridgehead atoms. The van der Waals surface area contributed by atoms with Gasteiger partial charge in [0.1, 0.15) is 23.7 Å². The third-order valence-electron chi connectivity index (χ3n) is 3.96. The predicted molar refractivity (Wildman–Crippen MR) is 110 cm³/mol. The van der Waals surface area contributed by atoms with E-state index in [0.717, 1.165) is 23.3 Å². The summed E-state index contributed by atoms with van der Waals surface area (Å²) in [5, 5.41) is 7.24. The van der Waals surface area contributed by atoms with Crippen molar-refractivity contribution in [3.8, 4) is 0 Å². The van der Waals surface area contributed by atoms with Gasteiger partial charge < -0.3 is 19.8 Å². The van der Waals surface area contributed by atoms with Crippen molar-refractivity contribution in [3.63, 3.8) is 0 Å². The molecule has 2 N–H and O–H groups in total. The Hall–Kier alpha value is -1.35. The Morgan fingerprint density at radius 2 is 2.04 bits per heavy atom. The van der Waals surface area contributed by atoms with Gasteiger partial charge in [0.2, 0.25) is 0 Å². The van der Waals surface area contributed by atoms with Crippen LogP contribution in [0.2, 0.25) is 0 Å². The summed E-state index contributed by atoms with van der Waals surface area (Å²) >= 11 is 0. The Labute approximate surface area is 165 Å². The maximum absolute atomic E-state index is 13.4. The third kappa shape index (κ3) is 5.85. The van der Waals surface area contributed by atoms with Crippen LogP contribution in [0.5, 0.6) is 0 Å². The van der Waals surface area contributed by atoms with Gasteiger partial charge in [0, 0.05) is 31.1 Å². The Kier molecular flexibility index (Phi) is 8.14. The maximum atomic E-state index is 13.4. The van der Waals surface area contributed by atoms with Gasteiger partial charge in [0.25, 0.3) is 0 Å². The van der Waals surface area contributed by atoms with Gasteiger partial charge in [-0.1, -0.05) is 0 Å². The van der Waals surface area contributed by atoms with E-state index >= 15 is 0 Å². The first-order valence-electron chi connectivity index (χ1n) is 8.11. The number of rotatable bonds is 6. The summed E-state index contributed by atoms with van der Waals surface area (Å²) in [6.07, 6.45) is 0. The molecule has 0 aliphatic rings. The Balaban J connectivity index is 0.00000312. The van der Waals surface area contributed by atoms with Crippen molar-refractivity contribution in [2.75, 3.05) is 20.2 Å². The average Bonchev–Trinajstić information content (AvgIpc) is 2.86. The molecule has 2 aromatic rings. The van der Waals surface area contributed by atoms with E-state index in [4.69, 9.17) is 9.15 Å². The smallest absolute Gasteiger partial charge is 0.191 e. The van der Waals surface area contributed by atoms with Crippen LogP contribution in [-0.2, 0) is 11.3 Å². The summed E-state index contributed by atoms with van der Waals surface area (Å²) in [5.41, 5.74) is 1.31. The third-order valence-corrected chi connectivity index (χ3v) is 3.96. The maximum Gasteiger partial charge on any atom is 0.191 e. The van der Waals surface area contributed by atoms with Crippen LogP contribution in [0.25, 0.3) is 11.0 Å². The van der Waals surface area contributed by atoms with E-state index < -0.39 is 0 Å². The lowest BCUT2D eigenvalue weighted by Gasteiger charge is -2.24. The normalized spacial score (nSPS) is 12.2. The number of guanidine groups is 1. The molecule has 2 rings (SSSR count). The van der Waals surface area contributed by atoms with Crippen molar-refractivity contribution >= 4 is 40.9 Å². The van der Waals surface area contributed by atoms with Crippen LogP contribution in [0, 0.1) is 12.7 Å². The van der Waals surface area contributed by atoms with Crippen LogP contribution < -0.4 is 10.6 Å². The fourth-order valence-corrected chi connectivity index (χ4v) is 2.26. The van der Waals surface area contributed by atoms with Crippen molar-refractivity contribution in [1.29, 1.82) is 0 Å². The second-order valence-corrected chi connectivity index (χ2v) is 6.30. The van der Waals surface area contributed by atoms with Crippen molar-refractivity contribution in [3.05, 3.63) is 35.3 Å². The van der Waals surface area contributed by atoms with E-state index in [0.29, 0.717) is 24.6 Å². The standard InChI is InChI=1S/C18H26FN3O2.HI/c1-6-20-17(22-11-18(3,4)23-5)21-10-16-12(2)14-9-13(19)7-8-15(14)24-16;/h7-9H,6,10-11H2,1-5H3,(H2,20,21,22);1H. The lowest BCUT2D eigenvalue weighted by molar-refractivity contribution is 0.0268. The number of furan rings is 1. The first kappa shape index (κ1) is 21.7. The zero-order valence-electron chi connectivity index (χ0n) is 15.4. The quantitative estimate of drug-likeness (QED) is 0.387. The molecule has 25 heavy (non-hydrogen) atoms. The van der Waals surface area contributed by atoms with E-state index in [-0.39, 0.29) is 35.4 Å². The zero-order chi connectivity index (χ0) is 17.7. The van der Waals surface area contributed by atoms with Crippen molar-refractivity contribution < 1.29 is 13.5 Å². The fourth-order valence-electron chi connectivity index (χ4n) is 2.26. The van der Waals surface area contributed by atoms with Gasteiger partial charge in [-0.25, -0.2) is 9.38 Å². The molecular formula is C18H27FIN3O2. The molecule has 0 spiro atoms. The molecule has 0 radical (unpaired) electrons. The molecule has 7 heteroatoms.